The number of carbonyl (C=O) groups excluding carboxylic acids is 3. The zero-order valence-corrected chi connectivity index (χ0v) is 15.3. The van der Waals surface area contributed by atoms with E-state index in [1.165, 1.54) is 31.4 Å². The molecule has 0 aromatic heterocycles. The van der Waals surface area contributed by atoms with E-state index in [-0.39, 0.29) is 5.56 Å². The molecule has 0 saturated carbocycles. The number of esters is 2. The Balaban J connectivity index is 1.90. The summed E-state index contributed by atoms with van der Waals surface area (Å²) in [6.45, 7) is 1.45. The van der Waals surface area contributed by atoms with Crippen LogP contribution in [0.1, 0.15) is 26.3 Å². The van der Waals surface area contributed by atoms with Crippen molar-refractivity contribution in [2.45, 2.75) is 6.92 Å². The van der Waals surface area contributed by atoms with E-state index in [4.69, 9.17) is 4.74 Å². The van der Waals surface area contributed by atoms with Gasteiger partial charge in [0.25, 0.3) is 5.91 Å². The van der Waals surface area contributed by atoms with Gasteiger partial charge in [0.05, 0.1) is 18.2 Å². The standard InChI is InChI=1S/C18H16BrNO5/c1-11-9-14(19)7-8-15(11)20-16(21)10-25-18(23)13-5-3-12(4-6-13)17(22)24-2/h3-9H,10H2,1-2H3,(H,20,21). The van der Waals surface area contributed by atoms with E-state index in [9.17, 15) is 14.4 Å². The molecule has 0 radical (unpaired) electrons. The van der Waals surface area contributed by atoms with Crippen molar-refractivity contribution in [3.63, 3.8) is 0 Å². The van der Waals surface area contributed by atoms with E-state index < -0.39 is 24.5 Å². The van der Waals surface area contributed by atoms with Gasteiger partial charge in [-0.15, -0.1) is 0 Å². The Morgan fingerprint density at radius 3 is 2.16 bits per heavy atom. The van der Waals surface area contributed by atoms with Crippen LogP contribution in [-0.4, -0.2) is 31.6 Å². The Kier molecular flexibility index (Phi) is 6.30. The summed E-state index contributed by atoms with van der Waals surface area (Å²) in [5.74, 6) is -1.59. The molecule has 1 N–H and O–H groups in total. The summed E-state index contributed by atoms with van der Waals surface area (Å²) in [6.07, 6.45) is 0. The first-order chi connectivity index (χ1) is 11.9. The molecule has 2 aromatic carbocycles. The molecule has 0 fully saturated rings. The van der Waals surface area contributed by atoms with E-state index in [1.807, 2.05) is 13.0 Å². The Labute approximate surface area is 153 Å². The van der Waals surface area contributed by atoms with Gasteiger partial charge in [-0.2, -0.15) is 0 Å². The minimum atomic E-state index is -0.654. The van der Waals surface area contributed by atoms with Gasteiger partial charge in [0.15, 0.2) is 6.61 Å². The van der Waals surface area contributed by atoms with Crippen molar-refractivity contribution in [3.8, 4) is 0 Å². The average Bonchev–Trinajstić information content (AvgIpc) is 2.61. The third-order valence-electron chi connectivity index (χ3n) is 3.34. The van der Waals surface area contributed by atoms with Crippen molar-refractivity contribution in [1.29, 1.82) is 0 Å². The SMILES string of the molecule is COC(=O)c1ccc(C(=O)OCC(=O)Nc2ccc(Br)cc2C)cc1. The van der Waals surface area contributed by atoms with Crippen molar-refractivity contribution in [1.82, 2.24) is 0 Å². The molecule has 130 valence electrons. The Hall–Kier alpha value is -2.67. The van der Waals surface area contributed by atoms with Gasteiger partial charge in [0.1, 0.15) is 0 Å². The molecule has 6 nitrogen and oxygen atoms in total. The van der Waals surface area contributed by atoms with Gasteiger partial charge >= 0.3 is 11.9 Å². The zero-order valence-electron chi connectivity index (χ0n) is 13.7. The Bertz CT molecular complexity index is 802. The molecule has 0 aliphatic rings. The summed E-state index contributed by atoms with van der Waals surface area (Å²) < 4.78 is 10.5. The summed E-state index contributed by atoms with van der Waals surface area (Å²) in [4.78, 5) is 35.2. The fourth-order valence-corrected chi connectivity index (χ4v) is 2.50. The largest absolute Gasteiger partial charge is 0.465 e. The molecule has 1 amide bonds. The first-order valence-electron chi connectivity index (χ1n) is 7.32. The van der Waals surface area contributed by atoms with Crippen LogP contribution in [0, 0.1) is 6.92 Å². The molecule has 0 aliphatic heterocycles. The van der Waals surface area contributed by atoms with Gasteiger partial charge < -0.3 is 14.8 Å². The number of aryl methyl sites for hydroxylation is 1. The molecule has 0 saturated heterocycles. The highest BCUT2D eigenvalue weighted by Gasteiger charge is 2.12. The highest BCUT2D eigenvalue weighted by Crippen LogP contribution is 2.19. The first-order valence-corrected chi connectivity index (χ1v) is 8.11. The maximum atomic E-state index is 11.9. The monoisotopic (exact) mass is 405 g/mol. The van der Waals surface area contributed by atoms with E-state index in [1.54, 1.807) is 12.1 Å². The van der Waals surface area contributed by atoms with E-state index in [0.29, 0.717) is 11.3 Å². The van der Waals surface area contributed by atoms with Crippen LogP contribution in [0.5, 0.6) is 0 Å². The number of rotatable bonds is 5. The fraction of sp³-hybridized carbons (Fsp3) is 0.167. The molecular formula is C18H16BrNO5. The average molecular weight is 406 g/mol. The second-order valence-electron chi connectivity index (χ2n) is 5.15. The number of ether oxygens (including phenoxy) is 2. The fourth-order valence-electron chi connectivity index (χ4n) is 2.03. The lowest BCUT2D eigenvalue weighted by molar-refractivity contribution is -0.119. The first kappa shape index (κ1) is 18.7. The van der Waals surface area contributed by atoms with Gasteiger partial charge in [0.2, 0.25) is 0 Å². The predicted octanol–water partition coefficient (Wildman–Crippen LogP) is 3.34. The summed E-state index contributed by atoms with van der Waals surface area (Å²) in [5.41, 5.74) is 2.09. The maximum Gasteiger partial charge on any atom is 0.338 e. The third kappa shape index (κ3) is 5.15. The van der Waals surface area contributed by atoms with Crippen LogP contribution in [0.25, 0.3) is 0 Å². The van der Waals surface area contributed by atoms with Crippen molar-refractivity contribution >= 4 is 39.5 Å². The quantitative estimate of drug-likeness (QED) is 0.771. The van der Waals surface area contributed by atoms with Gasteiger partial charge in [-0.05, 0) is 55.0 Å². The highest BCUT2D eigenvalue weighted by atomic mass is 79.9. The molecule has 2 rings (SSSR count). The summed E-state index contributed by atoms with van der Waals surface area (Å²) in [6, 6.07) is 11.2. The number of halogens is 1. The molecule has 2 aromatic rings. The number of anilines is 1. The van der Waals surface area contributed by atoms with Crippen LogP contribution in [-0.2, 0) is 14.3 Å². The number of carbonyl (C=O) groups is 3. The number of nitrogens with one attached hydrogen (secondary N) is 1. The summed E-state index contributed by atoms with van der Waals surface area (Å²) >= 11 is 3.35. The normalized spacial score (nSPS) is 10.0. The number of amides is 1. The van der Waals surface area contributed by atoms with Gasteiger partial charge in [0, 0.05) is 10.2 Å². The van der Waals surface area contributed by atoms with Crippen LogP contribution in [0.3, 0.4) is 0 Å². The number of hydrogen-bond acceptors (Lipinski definition) is 5. The topological polar surface area (TPSA) is 81.7 Å². The second kappa shape index (κ2) is 8.43. The molecule has 0 atom stereocenters. The Morgan fingerprint density at radius 2 is 1.60 bits per heavy atom. The summed E-state index contributed by atoms with van der Waals surface area (Å²) in [5, 5.41) is 2.68. The van der Waals surface area contributed by atoms with Crippen molar-refractivity contribution in [3.05, 3.63) is 63.6 Å². The lowest BCUT2D eigenvalue weighted by atomic mass is 10.1. The van der Waals surface area contributed by atoms with Crippen LogP contribution >= 0.6 is 15.9 Å². The minimum Gasteiger partial charge on any atom is -0.465 e. The maximum absolute atomic E-state index is 11.9. The molecule has 0 bridgehead atoms. The number of benzene rings is 2. The van der Waals surface area contributed by atoms with Crippen LogP contribution in [0.15, 0.2) is 46.9 Å². The Morgan fingerprint density at radius 1 is 1.00 bits per heavy atom. The van der Waals surface area contributed by atoms with Gasteiger partial charge in [-0.25, -0.2) is 9.59 Å². The molecule has 0 unspecified atom stereocenters. The van der Waals surface area contributed by atoms with E-state index >= 15 is 0 Å². The molecule has 0 heterocycles. The lowest BCUT2D eigenvalue weighted by Gasteiger charge is -2.09. The van der Waals surface area contributed by atoms with Crippen molar-refractivity contribution < 1.29 is 23.9 Å². The smallest absolute Gasteiger partial charge is 0.338 e. The number of hydrogen-bond donors (Lipinski definition) is 1. The lowest BCUT2D eigenvalue weighted by Crippen LogP contribution is -2.21. The molecule has 25 heavy (non-hydrogen) atoms. The van der Waals surface area contributed by atoms with Crippen molar-refractivity contribution in [2.24, 2.45) is 0 Å². The zero-order chi connectivity index (χ0) is 18.4. The molecule has 0 aliphatic carbocycles. The second-order valence-corrected chi connectivity index (χ2v) is 6.07. The molecule has 7 heteroatoms. The molecule has 0 spiro atoms. The van der Waals surface area contributed by atoms with E-state index in [0.717, 1.165) is 10.0 Å². The van der Waals surface area contributed by atoms with Gasteiger partial charge in [-0.3, -0.25) is 4.79 Å². The number of methoxy groups -OCH3 is 1. The van der Waals surface area contributed by atoms with Gasteiger partial charge in [-0.1, -0.05) is 15.9 Å². The third-order valence-corrected chi connectivity index (χ3v) is 3.83. The predicted molar refractivity (Wildman–Crippen MR) is 95.6 cm³/mol. The van der Waals surface area contributed by atoms with E-state index in [2.05, 4.69) is 26.0 Å². The van der Waals surface area contributed by atoms with Crippen LogP contribution in [0.2, 0.25) is 0 Å². The van der Waals surface area contributed by atoms with Crippen LogP contribution < -0.4 is 5.32 Å². The van der Waals surface area contributed by atoms with Crippen molar-refractivity contribution in [2.75, 3.05) is 19.0 Å². The minimum absolute atomic E-state index is 0.236. The van der Waals surface area contributed by atoms with Crippen LogP contribution in [0.4, 0.5) is 5.69 Å². The molecular weight excluding hydrogens is 390 g/mol. The highest BCUT2D eigenvalue weighted by molar-refractivity contribution is 9.10. The summed E-state index contributed by atoms with van der Waals surface area (Å²) in [7, 11) is 1.27.